The van der Waals surface area contributed by atoms with Gasteiger partial charge in [0.1, 0.15) is 0 Å². The molecule has 0 spiro atoms. The molecule has 3 rings (SSSR count). The van der Waals surface area contributed by atoms with Crippen LogP contribution in [0.2, 0.25) is 0 Å². The molecule has 2 aromatic rings. The van der Waals surface area contributed by atoms with Crippen LogP contribution in [0.3, 0.4) is 0 Å². The number of alkyl halides is 3. The average Bonchev–Trinajstić information content (AvgIpc) is 2.80. The SMILES string of the molecule is Cc1ccc(NC(=O)CN(C)[C@@H](C)C(=O)Nc2cc(C(F)(F)F)ccc2N2CCOCC2)cc1. The van der Waals surface area contributed by atoms with Gasteiger partial charge in [-0.2, -0.15) is 13.2 Å². The van der Waals surface area contributed by atoms with Crippen molar-refractivity contribution in [3.8, 4) is 0 Å². The molecule has 1 saturated heterocycles. The molecule has 1 fully saturated rings. The van der Waals surface area contributed by atoms with Gasteiger partial charge in [0.2, 0.25) is 11.8 Å². The van der Waals surface area contributed by atoms with Crippen molar-refractivity contribution in [2.24, 2.45) is 0 Å². The van der Waals surface area contributed by atoms with Gasteiger partial charge in [-0.25, -0.2) is 0 Å². The van der Waals surface area contributed by atoms with Crippen molar-refractivity contribution >= 4 is 28.9 Å². The number of likely N-dealkylation sites (N-methyl/N-ethyl adjacent to an activating group) is 1. The quantitative estimate of drug-likeness (QED) is 0.634. The zero-order valence-electron chi connectivity index (χ0n) is 19.4. The van der Waals surface area contributed by atoms with Crippen molar-refractivity contribution in [2.45, 2.75) is 26.1 Å². The maximum Gasteiger partial charge on any atom is 0.416 e. The molecule has 0 aromatic heterocycles. The van der Waals surface area contributed by atoms with Crippen molar-refractivity contribution in [1.29, 1.82) is 0 Å². The van der Waals surface area contributed by atoms with Crippen molar-refractivity contribution in [2.75, 3.05) is 55.4 Å². The van der Waals surface area contributed by atoms with Crippen LogP contribution in [0.25, 0.3) is 0 Å². The van der Waals surface area contributed by atoms with E-state index in [4.69, 9.17) is 4.74 Å². The summed E-state index contributed by atoms with van der Waals surface area (Å²) in [7, 11) is 1.61. The summed E-state index contributed by atoms with van der Waals surface area (Å²) >= 11 is 0. The molecule has 10 heteroatoms. The average molecular weight is 479 g/mol. The van der Waals surface area contributed by atoms with Gasteiger partial charge in [0.15, 0.2) is 0 Å². The van der Waals surface area contributed by atoms with Crippen LogP contribution in [0.4, 0.5) is 30.2 Å². The Kier molecular flexibility index (Phi) is 8.16. The number of benzene rings is 2. The topological polar surface area (TPSA) is 73.9 Å². The largest absolute Gasteiger partial charge is 0.416 e. The minimum Gasteiger partial charge on any atom is -0.378 e. The van der Waals surface area contributed by atoms with Crippen LogP contribution in [0, 0.1) is 6.92 Å². The third-order valence-electron chi connectivity index (χ3n) is 5.70. The number of carbonyl (C=O) groups is 2. The molecule has 2 amide bonds. The summed E-state index contributed by atoms with van der Waals surface area (Å²) in [5.41, 5.74) is 1.42. The summed E-state index contributed by atoms with van der Waals surface area (Å²) in [5, 5.41) is 5.40. The van der Waals surface area contributed by atoms with Crippen molar-refractivity contribution in [1.82, 2.24) is 4.90 Å². The Morgan fingerprint density at radius 2 is 1.74 bits per heavy atom. The van der Waals surface area contributed by atoms with Crippen molar-refractivity contribution in [3.05, 3.63) is 53.6 Å². The molecular weight excluding hydrogens is 449 g/mol. The summed E-state index contributed by atoms with van der Waals surface area (Å²) in [5.74, 6) is -0.821. The summed E-state index contributed by atoms with van der Waals surface area (Å²) in [4.78, 5) is 28.7. The van der Waals surface area contributed by atoms with Crippen LogP contribution >= 0.6 is 0 Å². The van der Waals surface area contributed by atoms with Crippen molar-refractivity contribution < 1.29 is 27.5 Å². The first-order chi connectivity index (χ1) is 16.0. The monoisotopic (exact) mass is 478 g/mol. The van der Waals surface area contributed by atoms with E-state index < -0.39 is 23.7 Å². The molecule has 2 N–H and O–H groups in total. The molecule has 1 heterocycles. The number of nitrogens with one attached hydrogen (secondary N) is 2. The zero-order chi connectivity index (χ0) is 24.9. The van der Waals surface area contributed by atoms with Crippen LogP contribution in [0.15, 0.2) is 42.5 Å². The van der Waals surface area contributed by atoms with Gasteiger partial charge in [-0.05, 0) is 51.2 Å². The number of ether oxygens (including phenoxy) is 1. The normalized spacial score (nSPS) is 15.2. The Morgan fingerprint density at radius 3 is 2.35 bits per heavy atom. The predicted octanol–water partition coefficient (Wildman–Crippen LogP) is 3.75. The summed E-state index contributed by atoms with van der Waals surface area (Å²) in [6.45, 7) is 5.37. The molecule has 1 aliphatic rings. The van der Waals surface area contributed by atoms with Crippen molar-refractivity contribution in [3.63, 3.8) is 0 Å². The Labute approximate surface area is 196 Å². The highest BCUT2D eigenvalue weighted by Crippen LogP contribution is 2.36. The number of hydrogen-bond donors (Lipinski definition) is 2. The highest BCUT2D eigenvalue weighted by Gasteiger charge is 2.32. The number of halogens is 3. The molecule has 34 heavy (non-hydrogen) atoms. The molecule has 1 aliphatic heterocycles. The molecule has 2 aromatic carbocycles. The lowest BCUT2D eigenvalue weighted by Gasteiger charge is -2.31. The summed E-state index contributed by atoms with van der Waals surface area (Å²) < 4.78 is 45.3. The van der Waals surface area contributed by atoms with E-state index in [1.54, 1.807) is 26.1 Å². The second-order valence-electron chi connectivity index (χ2n) is 8.32. The van der Waals surface area contributed by atoms with Crippen LogP contribution in [-0.2, 0) is 20.5 Å². The van der Waals surface area contributed by atoms with E-state index >= 15 is 0 Å². The fourth-order valence-electron chi connectivity index (χ4n) is 3.53. The fraction of sp³-hybridized carbons (Fsp3) is 0.417. The Bertz CT molecular complexity index is 1010. The lowest BCUT2D eigenvalue weighted by molar-refractivity contribution is -0.137. The van der Waals surface area contributed by atoms with E-state index in [1.165, 1.54) is 11.0 Å². The minimum absolute atomic E-state index is 0.0681. The molecule has 0 radical (unpaired) electrons. The molecule has 0 bridgehead atoms. The van der Waals surface area contributed by atoms with Gasteiger partial charge in [-0.3, -0.25) is 14.5 Å². The van der Waals surface area contributed by atoms with E-state index in [2.05, 4.69) is 10.6 Å². The second-order valence-corrected chi connectivity index (χ2v) is 8.32. The number of anilines is 3. The van der Waals surface area contributed by atoms with Gasteiger partial charge in [0.05, 0.1) is 42.7 Å². The number of aryl methyl sites for hydroxylation is 1. The van der Waals surface area contributed by atoms with E-state index in [0.717, 1.165) is 17.7 Å². The van der Waals surface area contributed by atoms with Gasteiger partial charge in [-0.1, -0.05) is 17.7 Å². The number of rotatable bonds is 7. The number of hydrogen-bond acceptors (Lipinski definition) is 5. The number of carbonyl (C=O) groups excluding carboxylic acids is 2. The van der Waals surface area contributed by atoms with Gasteiger partial charge in [-0.15, -0.1) is 0 Å². The molecule has 0 unspecified atom stereocenters. The van der Waals surface area contributed by atoms with Crippen LogP contribution in [0.5, 0.6) is 0 Å². The standard InChI is InChI=1S/C24H29F3N4O3/c1-16-4-7-19(8-5-16)28-22(32)15-30(3)17(2)23(33)29-20-14-18(24(25,26)27)6-9-21(20)31-10-12-34-13-11-31/h4-9,14,17H,10-13,15H2,1-3H3,(H,28,32)(H,29,33)/t17-/m0/s1. The van der Waals surface area contributed by atoms with E-state index in [-0.39, 0.29) is 18.1 Å². The van der Waals surface area contributed by atoms with E-state index in [0.29, 0.717) is 37.7 Å². The maximum atomic E-state index is 13.3. The number of amides is 2. The first-order valence-electron chi connectivity index (χ1n) is 11.0. The maximum absolute atomic E-state index is 13.3. The summed E-state index contributed by atoms with van der Waals surface area (Å²) in [6.07, 6.45) is -4.54. The van der Waals surface area contributed by atoms with Gasteiger partial charge in [0, 0.05) is 18.8 Å². The minimum atomic E-state index is -4.54. The Balaban J connectivity index is 1.69. The van der Waals surface area contributed by atoms with E-state index in [1.807, 2.05) is 24.0 Å². The number of morpholine rings is 1. The van der Waals surface area contributed by atoms with Crippen LogP contribution in [0.1, 0.15) is 18.1 Å². The van der Waals surface area contributed by atoms with E-state index in [9.17, 15) is 22.8 Å². The fourth-order valence-corrected chi connectivity index (χ4v) is 3.53. The highest BCUT2D eigenvalue weighted by molar-refractivity contribution is 5.98. The molecule has 0 saturated carbocycles. The van der Waals surface area contributed by atoms with Crippen LogP contribution < -0.4 is 15.5 Å². The lowest BCUT2D eigenvalue weighted by atomic mass is 10.1. The molecular formula is C24H29F3N4O3. The third kappa shape index (κ3) is 6.71. The summed E-state index contributed by atoms with van der Waals surface area (Å²) in [6, 6.07) is 9.86. The Morgan fingerprint density at radius 1 is 1.09 bits per heavy atom. The first kappa shape index (κ1) is 25.5. The van der Waals surface area contributed by atoms with Crippen LogP contribution in [-0.4, -0.2) is 62.7 Å². The van der Waals surface area contributed by atoms with Gasteiger partial charge >= 0.3 is 6.18 Å². The lowest BCUT2D eigenvalue weighted by Crippen LogP contribution is -2.43. The number of nitrogens with zero attached hydrogens (tertiary/aromatic N) is 2. The first-order valence-corrected chi connectivity index (χ1v) is 11.0. The molecule has 184 valence electrons. The predicted molar refractivity (Wildman–Crippen MR) is 125 cm³/mol. The zero-order valence-corrected chi connectivity index (χ0v) is 19.4. The van der Waals surface area contributed by atoms with Gasteiger partial charge < -0.3 is 20.3 Å². The molecule has 1 atom stereocenters. The highest BCUT2D eigenvalue weighted by atomic mass is 19.4. The molecule has 7 nitrogen and oxygen atoms in total. The van der Waals surface area contributed by atoms with Gasteiger partial charge in [0.25, 0.3) is 0 Å². The smallest absolute Gasteiger partial charge is 0.378 e. The third-order valence-corrected chi connectivity index (χ3v) is 5.70. The Hall–Kier alpha value is -3.11. The second kappa shape index (κ2) is 10.9. The molecule has 0 aliphatic carbocycles.